The van der Waals surface area contributed by atoms with Crippen LogP contribution in [0.4, 0.5) is 13.2 Å². The molecule has 2 rings (SSSR count). The van der Waals surface area contributed by atoms with E-state index in [0.717, 1.165) is 18.4 Å². The molecule has 1 N–H and O–H groups in total. The number of rotatable bonds is 5. The summed E-state index contributed by atoms with van der Waals surface area (Å²) in [5.41, 5.74) is 0.361. The number of aryl methyl sites for hydroxylation is 2. The SMILES string of the molecule is CCn1nccc1CNCc1c(C(F)(F)F)cnn1C. The second kappa shape index (κ2) is 5.66. The average molecular weight is 287 g/mol. The van der Waals surface area contributed by atoms with Gasteiger partial charge in [0.15, 0.2) is 0 Å². The molecule has 0 unspecified atom stereocenters. The molecule has 0 fully saturated rings. The Morgan fingerprint density at radius 2 is 2.00 bits per heavy atom. The third-order valence-corrected chi connectivity index (χ3v) is 3.07. The van der Waals surface area contributed by atoms with Gasteiger partial charge in [-0.3, -0.25) is 9.36 Å². The van der Waals surface area contributed by atoms with Crippen molar-refractivity contribution in [2.75, 3.05) is 0 Å². The molecule has 0 aromatic carbocycles. The molecule has 2 heterocycles. The van der Waals surface area contributed by atoms with E-state index in [2.05, 4.69) is 15.5 Å². The van der Waals surface area contributed by atoms with Crippen molar-refractivity contribution in [2.45, 2.75) is 32.7 Å². The van der Waals surface area contributed by atoms with Gasteiger partial charge in [-0.2, -0.15) is 23.4 Å². The van der Waals surface area contributed by atoms with Crippen LogP contribution in [0.25, 0.3) is 0 Å². The zero-order valence-electron chi connectivity index (χ0n) is 11.3. The van der Waals surface area contributed by atoms with Crippen LogP contribution in [0.5, 0.6) is 0 Å². The van der Waals surface area contributed by atoms with Gasteiger partial charge in [-0.1, -0.05) is 0 Å². The van der Waals surface area contributed by atoms with E-state index in [1.807, 2.05) is 13.0 Å². The largest absolute Gasteiger partial charge is 0.419 e. The molecule has 0 atom stereocenters. The quantitative estimate of drug-likeness (QED) is 0.914. The van der Waals surface area contributed by atoms with Crippen LogP contribution < -0.4 is 5.32 Å². The molecule has 0 aliphatic rings. The molecule has 0 aliphatic heterocycles. The first-order chi connectivity index (χ1) is 9.43. The van der Waals surface area contributed by atoms with Crippen LogP contribution in [-0.4, -0.2) is 19.6 Å². The second-order valence-corrected chi connectivity index (χ2v) is 4.37. The highest BCUT2D eigenvalue weighted by atomic mass is 19.4. The fraction of sp³-hybridized carbons (Fsp3) is 0.500. The Labute approximate surface area is 114 Å². The van der Waals surface area contributed by atoms with Crippen LogP contribution in [-0.2, 0) is 32.9 Å². The molecule has 0 radical (unpaired) electrons. The third-order valence-electron chi connectivity index (χ3n) is 3.07. The zero-order valence-corrected chi connectivity index (χ0v) is 11.3. The number of nitrogens with zero attached hydrogens (tertiary/aromatic N) is 4. The van der Waals surface area contributed by atoms with Gasteiger partial charge >= 0.3 is 6.18 Å². The molecule has 0 amide bonds. The van der Waals surface area contributed by atoms with Crippen LogP contribution >= 0.6 is 0 Å². The maximum absolute atomic E-state index is 12.8. The van der Waals surface area contributed by atoms with Crippen molar-refractivity contribution in [2.24, 2.45) is 7.05 Å². The summed E-state index contributed by atoms with van der Waals surface area (Å²) in [6, 6.07) is 1.84. The summed E-state index contributed by atoms with van der Waals surface area (Å²) in [7, 11) is 1.50. The summed E-state index contributed by atoms with van der Waals surface area (Å²) in [6.45, 7) is 3.24. The number of hydrogen-bond acceptors (Lipinski definition) is 3. The minimum atomic E-state index is -4.38. The van der Waals surface area contributed by atoms with Crippen molar-refractivity contribution in [1.82, 2.24) is 24.9 Å². The predicted molar refractivity (Wildman–Crippen MR) is 66.7 cm³/mol. The molecule has 0 spiro atoms. The highest BCUT2D eigenvalue weighted by Crippen LogP contribution is 2.31. The molecule has 0 aliphatic carbocycles. The molecular formula is C12H16F3N5. The van der Waals surface area contributed by atoms with Gasteiger partial charge < -0.3 is 5.32 Å². The van der Waals surface area contributed by atoms with Crippen LogP contribution in [0, 0.1) is 0 Å². The monoisotopic (exact) mass is 287 g/mol. The van der Waals surface area contributed by atoms with Gasteiger partial charge in [-0.15, -0.1) is 0 Å². The number of nitrogens with one attached hydrogen (secondary N) is 1. The normalized spacial score (nSPS) is 12.1. The summed E-state index contributed by atoms with van der Waals surface area (Å²) < 4.78 is 41.4. The first-order valence-electron chi connectivity index (χ1n) is 6.23. The summed E-state index contributed by atoms with van der Waals surface area (Å²) in [5, 5.41) is 10.8. The maximum atomic E-state index is 12.8. The van der Waals surface area contributed by atoms with Gasteiger partial charge in [0.1, 0.15) is 0 Å². The Bertz CT molecular complexity index is 570. The Kier molecular flexibility index (Phi) is 4.12. The molecule has 2 aromatic rings. The van der Waals surface area contributed by atoms with Gasteiger partial charge in [0.05, 0.1) is 23.1 Å². The molecular weight excluding hydrogens is 271 g/mol. The van der Waals surface area contributed by atoms with Gasteiger partial charge in [0.2, 0.25) is 0 Å². The molecule has 20 heavy (non-hydrogen) atoms. The lowest BCUT2D eigenvalue weighted by molar-refractivity contribution is -0.138. The zero-order chi connectivity index (χ0) is 14.8. The standard InChI is InChI=1S/C12H16F3N5/c1-3-20-9(4-5-17-20)6-16-8-11-10(12(13,14)15)7-18-19(11)2/h4-5,7,16H,3,6,8H2,1-2H3. The summed E-state index contributed by atoms with van der Waals surface area (Å²) in [4.78, 5) is 0. The lowest BCUT2D eigenvalue weighted by Crippen LogP contribution is -2.20. The van der Waals surface area contributed by atoms with Crippen molar-refractivity contribution < 1.29 is 13.2 Å². The van der Waals surface area contributed by atoms with Gasteiger partial charge in [0.25, 0.3) is 0 Å². The predicted octanol–water partition coefficient (Wildman–Crippen LogP) is 1.95. The summed E-state index contributed by atoms with van der Waals surface area (Å²) in [5.74, 6) is 0. The first kappa shape index (κ1) is 14.6. The fourth-order valence-electron chi connectivity index (χ4n) is 2.01. The molecule has 5 nitrogen and oxygen atoms in total. The van der Waals surface area contributed by atoms with Crippen LogP contribution in [0.2, 0.25) is 0 Å². The fourth-order valence-corrected chi connectivity index (χ4v) is 2.01. The van der Waals surface area contributed by atoms with Crippen molar-refractivity contribution in [3.8, 4) is 0 Å². The number of halogens is 3. The van der Waals surface area contributed by atoms with E-state index >= 15 is 0 Å². The smallest absolute Gasteiger partial charge is 0.306 e. The molecule has 0 bridgehead atoms. The van der Waals surface area contributed by atoms with Crippen LogP contribution in [0.15, 0.2) is 18.5 Å². The Hall–Kier alpha value is -1.83. The van der Waals surface area contributed by atoms with Gasteiger partial charge in [-0.25, -0.2) is 0 Å². The van der Waals surface area contributed by atoms with E-state index in [9.17, 15) is 13.2 Å². The molecule has 2 aromatic heterocycles. The highest BCUT2D eigenvalue weighted by Gasteiger charge is 2.35. The molecule has 0 saturated heterocycles. The van der Waals surface area contributed by atoms with Crippen LogP contribution in [0.3, 0.4) is 0 Å². The van der Waals surface area contributed by atoms with E-state index in [1.165, 1.54) is 11.7 Å². The lowest BCUT2D eigenvalue weighted by Gasteiger charge is -2.11. The van der Waals surface area contributed by atoms with Crippen LogP contribution in [0.1, 0.15) is 23.9 Å². The Morgan fingerprint density at radius 3 is 2.65 bits per heavy atom. The average Bonchev–Trinajstić information content (AvgIpc) is 2.96. The summed E-state index contributed by atoms with van der Waals surface area (Å²) in [6.07, 6.45) is -1.85. The summed E-state index contributed by atoms with van der Waals surface area (Å²) >= 11 is 0. The van der Waals surface area contributed by atoms with E-state index in [-0.39, 0.29) is 12.2 Å². The second-order valence-electron chi connectivity index (χ2n) is 4.37. The maximum Gasteiger partial charge on any atom is 0.419 e. The van der Waals surface area contributed by atoms with Crippen molar-refractivity contribution >= 4 is 0 Å². The van der Waals surface area contributed by atoms with Gasteiger partial charge in [0, 0.05) is 32.9 Å². The highest BCUT2D eigenvalue weighted by molar-refractivity contribution is 5.21. The van der Waals surface area contributed by atoms with Gasteiger partial charge in [-0.05, 0) is 13.0 Å². The minimum absolute atomic E-state index is 0.0975. The third kappa shape index (κ3) is 3.01. The number of aromatic nitrogens is 4. The van der Waals surface area contributed by atoms with E-state index in [0.29, 0.717) is 6.54 Å². The molecule has 8 heteroatoms. The van der Waals surface area contributed by atoms with E-state index in [4.69, 9.17) is 0 Å². The Morgan fingerprint density at radius 1 is 1.25 bits per heavy atom. The topological polar surface area (TPSA) is 47.7 Å². The Balaban J connectivity index is 2.03. The van der Waals surface area contributed by atoms with E-state index < -0.39 is 11.7 Å². The van der Waals surface area contributed by atoms with E-state index in [1.54, 1.807) is 10.9 Å². The first-order valence-corrected chi connectivity index (χ1v) is 6.23. The molecule has 0 saturated carbocycles. The van der Waals surface area contributed by atoms with Crippen molar-refractivity contribution in [1.29, 1.82) is 0 Å². The number of hydrogen-bond donors (Lipinski definition) is 1. The van der Waals surface area contributed by atoms with Crippen molar-refractivity contribution in [3.63, 3.8) is 0 Å². The minimum Gasteiger partial charge on any atom is -0.306 e. The molecule has 110 valence electrons. The number of alkyl halides is 3. The lowest BCUT2D eigenvalue weighted by atomic mass is 10.2. The van der Waals surface area contributed by atoms with Crippen molar-refractivity contribution in [3.05, 3.63) is 35.4 Å².